The number of pyridine rings is 1. The van der Waals surface area contributed by atoms with E-state index in [0.29, 0.717) is 5.56 Å². The predicted octanol–water partition coefficient (Wildman–Crippen LogP) is 3.19. The van der Waals surface area contributed by atoms with Gasteiger partial charge in [-0.3, -0.25) is 4.98 Å². The summed E-state index contributed by atoms with van der Waals surface area (Å²) in [5.41, 5.74) is 11.1. The second-order valence-electron chi connectivity index (χ2n) is 4.69. The van der Waals surface area contributed by atoms with Crippen LogP contribution in [0.4, 0.5) is 4.39 Å². The van der Waals surface area contributed by atoms with Crippen molar-refractivity contribution in [2.24, 2.45) is 5.73 Å². The second kappa shape index (κ2) is 4.86. The smallest absolute Gasteiger partial charge is 0.146 e. The fourth-order valence-electron chi connectivity index (χ4n) is 2.48. The van der Waals surface area contributed by atoms with Gasteiger partial charge in [-0.25, -0.2) is 4.39 Å². The molecule has 0 aliphatic carbocycles. The Labute approximate surface area is 107 Å². The minimum Gasteiger partial charge on any atom is -0.320 e. The molecule has 0 radical (unpaired) electrons. The zero-order chi connectivity index (χ0) is 13.3. The molecule has 2 aromatic rings. The highest BCUT2D eigenvalue weighted by atomic mass is 19.1. The van der Waals surface area contributed by atoms with E-state index < -0.39 is 6.04 Å². The minimum absolute atomic E-state index is 0.357. The lowest BCUT2D eigenvalue weighted by Crippen LogP contribution is -2.16. The van der Waals surface area contributed by atoms with Gasteiger partial charge in [0.05, 0.1) is 12.2 Å². The van der Waals surface area contributed by atoms with Gasteiger partial charge in [-0.2, -0.15) is 0 Å². The van der Waals surface area contributed by atoms with Crippen LogP contribution >= 0.6 is 0 Å². The summed E-state index contributed by atoms with van der Waals surface area (Å²) < 4.78 is 13.7. The van der Waals surface area contributed by atoms with Gasteiger partial charge in [0.25, 0.3) is 0 Å². The van der Waals surface area contributed by atoms with E-state index in [-0.39, 0.29) is 5.82 Å². The molecular weight excluding hydrogens is 227 g/mol. The Morgan fingerprint density at radius 2 is 1.78 bits per heavy atom. The number of hydrogen-bond acceptors (Lipinski definition) is 2. The van der Waals surface area contributed by atoms with Crippen LogP contribution in [0, 0.1) is 26.6 Å². The van der Waals surface area contributed by atoms with E-state index >= 15 is 0 Å². The summed E-state index contributed by atoms with van der Waals surface area (Å²) in [5.74, 6) is -0.357. The molecule has 0 amide bonds. The van der Waals surface area contributed by atoms with E-state index in [9.17, 15) is 4.39 Å². The summed E-state index contributed by atoms with van der Waals surface area (Å²) in [6.07, 6.45) is 2.77. The molecular formula is C15H17FN2. The number of rotatable bonds is 2. The fraction of sp³-hybridized carbons (Fsp3) is 0.267. The lowest BCUT2D eigenvalue weighted by molar-refractivity contribution is 0.592. The van der Waals surface area contributed by atoms with Gasteiger partial charge in [-0.1, -0.05) is 17.7 Å². The van der Waals surface area contributed by atoms with Gasteiger partial charge in [0, 0.05) is 11.8 Å². The summed E-state index contributed by atoms with van der Waals surface area (Å²) in [5, 5.41) is 0. The number of benzene rings is 1. The first kappa shape index (κ1) is 12.7. The van der Waals surface area contributed by atoms with Crippen molar-refractivity contribution in [1.82, 2.24) is 4.98 Å². The van der Waals surface area contributed by atoms with Gasteiger partial charge in [0.15, 0.2) is 0 Å². The molecule has 1 aromatic heterocycles. The fourth-order valence-corrected chi connectivity index (χ4v) is 2.48. The van der Waals surface area contributed by atoms with Gasteiger partial charge in [0.1, 0.15) is 5.82 Å². The van der Waals surface area contributed by atoms with E-state index in [1.807, 2.05) is 20.8 Å². The second-order valence-corrected chi connectivity index (χ2v) is 4.69. The minimum atomic E-state index is -0.450. The monoisotopic (exact) mass is 244 g/mol. The molecule has 0 saturated carbocycles. The lowest BCUT2D eigenvalue weighted by atomic mass is 9.91. The highest BCUT2D eigenvalue weighted by Gasteiger charge is 2.17. The zero-order valence-electron chi connectivity index (χ0n) is 10.9. The van der Waals surface area contributed by atoms with Gasteiger partial charge in [-0.05, 0) is 43.5 Å². The third-order valence-electron chi connectivity index (χ3n) is 3.19. The Kier molecular flexibility index (Phi) is 3.43. The molecule has 18 heavy (non-hydrogen) atoms. The van der Waals surface area contributed by atoms with Crippen LogP contribution in [0.5, 0.6) is 0 Å². The van der Waals surface area contributed by atoms with Gasteiger partial charge in [0.2, 0.25) is 0 Å². The molecule has 94 valence electrons. The molecule has 1 unspecified atom stereocenters. The van der Waals surface area contributed by atoms with Crippen molar-refractivity contribution in [2.75, 3.05) is 0 Å². The quantitative estimate of drug-likeness (QED) is 0.881. The molecule has 0 aliphatic rings. The van der Waals surface area contributed by atoms with E-state index in [1.54, 1.807) is 12.3 Å². The van der Waals surface area contributed by atoms with Crippen molar-refractivity contribution in [3.05, 3.63) is 64.2 Å². The number of aryl methyl sites for hydroxylation is 3. The van der Waals surface area contributed by atoms with Crippen molar-refractivity contribution in [3.63, 3.8) is 0 Å². The average molecular weight is 244 g/mol. The molecule has 0 spiro atoms. The van der Waals surface area contributed by atoms with Crippen LogP contribution in [0.3, 0.4) is 0 Å². The van der Waals surface area contributed by atoms with Crippen LogP contribution in [0.2, 0.25) is 0 Å². The van der Waals surface area contributed by atoms with E-state index in [1.165, 1.54) is 11.8 Å². The van der Waals surface area contributed by atoms with Crippen LogP contribution in [0.1, 0.15) is 33.9 Å². The number of nitrogens with zero attached hydrogens (tertiary/aromatic N) is 1. The summed E-state index contributed by atoms with van der Waals surface area (Å²) in [7, 11) is 0. The van der Waals surface area contributed by atoms with Crippen molar-refractivity contribution in [1.29, 1.82) is 0 Å². The molecule has 3 heteroatoms. The molecule has 2 N–H and O–H groups in total. The lowest BCUT2D eigenvalue weighted by Gasteiger charge is -2.19. The normalized spacial score (nSPS) is 12.5. The topological polar surface area (TPSA) is 38.9 Å². The Hall–Kier alpha value is -1.74. The SMILES string of the molecule is Cc1cc(C)c(C(N)c2ccncc2F)c(C)c1. The predicted molar refractivity (Wildman–Crippen MR) is 70.9 cm³/mol. The molecule has 1 heterocycles. The van der Waals surface area contributed by atoms with E-state index in [0.717, 1.165) is 16.7 Å². The highest BCUT2D eigenvalue weighted by molar-refractivity contribution is 5.43. The summed E-state index contributed by atoms with van der Waals surface area (Å²) >= 11 is 0. The summed E-state index contributed by atoms with van der Waals surface area (Å²) in [6, 6.07) is 5.33. The van der Waals surface area contributed by atoms with Crippen LogP contribution in [-0.4, -0.2) is 4.98 Å². The average Bonchev–Trinajstić information content (AvgIpc) is 2.27. The molecule has 1 atom stereocenters. The van der Waals surface area contributed by atoms with Crippen LogP contribution in [0.15, 0.2) is 30.6 Å². The number of aromatic nitrogens is 1. The standard InChI is InChI=1S/C15H17FN2/c1-9-6-10(2)14(11(3)7-9)15(17)12-4-5-18-8-13(12)16/h4-8,15H,17H2,1-3H3. The Morgan fingerprint density at radius 3 is 2.33 bits per heavy atom. The Bertz CT molecular complexity index is 555. The first-order chi connectivity index (χ1) is 8.50. The molecule has 0 bridgehead atoms. The molecule has 0 fully saturated rings. The van der Waals surface area contributed by atoms with E-state index in [2.05, 4.69) is 17.1 Å². The summed E-state index contributed by atoms with van der Waals surface area (Å²) in [6.45, 7) is 6.06. The van der Waals surface area contributed by atoms with Gasteiger partial charge < -0.3 is 5.73 Å². The summed E-state index contributed by atoms with van der Waals surface area (Å²) in [4.78, 5) is 3.75. The molecule has 0 saturated heterocycles. The molecule has 2 nitrogen and oxygen atoms in total. The first-order valence-electron chi connectivity index (χ1n) is 5.93. The van der Waals surface area contributed by atoms with Crippen molar-refractivity contribution < 1.29 is 4.39 Å². The first-order valence-corrected chi connectivity index (χ1v) is 5.93. The number of hydrogen-bond donors (Lipinski definition) is 1. The molecule has 1 aromatic carbocycles. The van der Waals surface area contributed by atoms with Crippen LogP contribution in [-0.2, 0) is 0 Å². The Balaban J connectivity index is 2.53. The third kappa shape index (κ3) is 2.27. The third-order valence-corrected chi connectivity index (χ3v) is 3.19. The van der Waals surface area contributed by atoms with E-state index in [4.69, 9.17) is 5.73 Å². The maximum Gasteiger partial charge on any atom is 0.146 e. The molecule has 0 aliphatic heterocycles. The molecule has 2 rings (SSSR count). The zero-order valence-corrected chi connectivity index (χ0v) is 10.9. The highest BCUT2D eigenvalue weighted by Crippen LogP contribution is 2.27. The maximum absolute atomic E-state index is 13.7. The van der Waals surface area contributed by atoms with Gasteiger partial charge >= 0.3 is 0 Å². The number of nitrogens with two attached hydrogens (primary N) is 1. The largest absolute Gasteiger partial charge is 0.320 e. The van der Waals surface area contributed by atoms with Crippen molar-refractivity contribution in [3.8, 4) is 0 Å². The maximum atomic E-state index is 13.7. The Morgan fingerprint density at radius 1 is 1.17 bits per heavy atom. The van der Waals surface area contributed by atoms with Gasteiger partial charge in [-0.15, -0.1) is 0 Å². The number of halogens is 1. The van der Waals surface area contributed by atoms with Crippen LogP contribution in [0.25, 0.3) is 0 Å². The van der Waals surface area contributed by atoms with Crippen molar-refractivity contribution >= 4 is 0 Å². The van der Waals surface area contributed by atoms with Crippen LogP contribution < -0.4 is 5.73 Å². The van der Waals surface area contributed by atoms with Crippen molar-refractivity contribution in [2.45, 2.75) is 26.8 Å².